The average Bonchev–Trinajstić information content (AvgIpc) is 2.36. The van der Waals surface area contributed by atoms with Gasteiger partial charge in [-0.05, 0) is 13.3 Å². The molecule has 0 aliphatic rings. The number of rotatable bonds is 9. The smallest absolute Gasteiger partial charge is 0.306 e. The van der Waals surface area contributed by atoms with Gasteiger partial charge in [-0.25, -0.2) is 12.7 Å². The van der Waals surface area contributed by atoms with Gasteiger partial charge in [-0.15, -0.1) is 0 Å². The maximum atomic E-state index is 11.8. The number of hydrogen-bond acceptors (Lipinski definition) is 6. The van der Waals surface area contributed by atoms with Gasteiger partial charge >= 0.3 is 11.9 Å². The second-order valence-electron chi connectivity index (χ2n) is 3.87. The van der Waals surface area contributed by atoms with Crippen molar-refractivity contribution in [3.63, 3.8) is 0 Å². The van der Waals surface area contributed by atoms with Crippen LogP contribution in [0.5, 0.6) is 0 Å². The number of carbonyl (C=O) groups is 2. The minimum Gasteiger partial charge on any atom is -0.469 e. The fraction of sp³-hybridized carbons (Fsp3) is 0.818. The Bertz CT molecular complexity index is 392. The Morgan fingerprint density at radius 2 is 1.79 bits per heavy atom. The van der Waals surface area contributed by atoms with Crippen molar-refractivity contribution >= 4 is 22.0 Å². The first-order chi connectivity index (χ1) is 8.83. The van der Waals surface area contributed by atoms with E-state index in [1.807, 2.05) is 0 Å². The molecule has 0 aromatic carbocycles. The maximum absolute atomic E-state index is 11.8. The highest BCUT2D eigenvalue weighted by atomic mass is 32.2. The summed E-state index contributed by atoms with van der Waals surface area (Å²) in [6.07, 6.45) is 0.369. The molecule has 0 fully saturated rings. The summed E-state index contributed by atoms with van der Waals surface area (Å²) in [5.74, 6) is -1.20. The molecule has 0 spiro atoms. The fourth-order valence-corrected chi connectivity index (χ4v) is 2.43. The molecule has 19 heavy (non-hydrogen) atoms. The van der Waals surface area contributed by atoms with Gasteiger partial charge in [0.25, 0.3) is 0 Å². The molecule has 0 aromatic heterocycles. The van der Waals surface area contributed by atoms with Crippen molar-refractivity contribution in [1.82, 2.24) is 4.31 Å². The van der Waals surface area contributed by atoms with E-state index < -0.39 is 16.0 Å². The van der Waals surface area contributed by atoms with E-state index in [9.17, 15) is 18.0 Å². The molecule has 112 valence electrons. The van der Waals surface area contributed by atoms with Gasteiger partial charge in [-0.1, -0.05) is 0 Å². The number of ether oxygens (including phenoxy) is 2. The van der Waals surface area contributed by atoms with Crippen molar-refractivity contribution in [3.05, 3.63) is 0 Å². The van der Waals surface area contributed by atoms with Gasteiger partial charge in [0.2, 0.25) is 10.0 Å². The van der Waals surface area contributed by atoms with Crippen LogP contribution in [-0.2, 0) is 29.1 Å². The number of sulfonamides is 1. The van der Waals surface area contributed by atoms with E-state index in [-0.39, 0.29) is 37.7 Å². The Morgan fingerprint density at radius 1 is 1.16 bits per heavy atom. The van der Waals surface area contributed by atoms with Crippen molar-refractivity contribution < 1.29 is 27.5 Å². The standard InChI is InChI=1S/C11H21NO6S/c1-4-18-11(14)7-9-19(15,16)12(2)8-5-6-10(13)17-3/h4-9H2,1-3H3. The summed E-state index contributed by atoms with van der Waals surface area (Å²) in [7, 11) is -0.804. The first-order valence-electron chi connectivity index (χ1n) is 6.00. The molecular weight excluding hydrogens is 274 g/mol. The normalized spacial score (nSPS) is 11.4. The molecule has 0 radical (unpaired) electrons. The molecule has 0 bridgehead atoms. The van der Waals surface area contributed by atoms with Crippen LogP contribution in [0.2, 0.25) is 0 Å². The van der Waals surface area contributed by atoms with E-state index in [0.29, 0.717) is 6.42 Å². The van der Waals surface area contributed by atoms with Crippen LogP contribution in [0, 0.1) is 0 Å². The summed E-state index contributed by atoms with van der Waals surface area (Å²) in [5, 5.41) is 0. The van der Waals surface area contributed by atoms with Gasteiger partial charge < -0.3 is 9.47 Å². The molecule has 0 saturated carbocycles. The Kier molecular flexibility index (Phi) is 8.33. The monoisotopic (exact) mass is 295 g/mol. The molecule has 8 heteroatoms. The molecule has 0 rings (SSSR count). The topological polar surface area (TPSA) is 90.0 Å². The van der Waals surface area contributed by atoms with Gasteiger partial charge in [0.05, 0.1) is 25.9 Å². The van der Waals surface area contributed by atoms with Gasteiger partial charge in [0, 0.05) is 20.0 Å². The van der Waals surface area contributed by atoms with E-state index in [1.54, 1.807) is 6.92 Å². The van der Waals surface area contributed by atoms with Crippen LogP contribution in [0.25, 0.3) is 0 Å². The summed E-state index contributed by atoms with van der Waals surface area (Å²) in [6, 6.07) is 0. The quantitative estimate of drug-likeness (QED) is 0.563. The molecular formula is C11H21NO6S. The molecule has 0 aliphatic carbocycles. The van der Waals surface area contributed by atoms with Crippen molar-refractivity contribution in [3.8, 4) is 0 Å². The molecule has 0 N–H and O–H groups in total. The van der Waals surface area contributed by atoms with Crippen molar-refractivity contribution in [2.24, 2.45) is 0 Å². The lowest BCUT2D eigenvalue weighted by atomic mass is 10.3. The Balaban J connectivity index is 4.10. The molecule has 0 unspecified atom stereocenters. The number of carbonyl (C=O) groups excluding carboxylic acids is 2. The zero-order valence-electron chi connectivity index (χ0n) is 11.5. The summed E-state index contributed by atoms with van der Waals surface area (Å²) in [6.45, 7) is 2.10. The molecule has 7 nitrogen and oxygen atoms in total. The van der Waals surface area contributed by atoms with Crippen LogP contribution in [0.1, 0.15) is 26.2 Å². The van der Waals surface area contributed by atoms with Gasteiger partial charge in [0.1, 0.15) is 0 Å². The Hall–Kier alpha value is -1.15. The third-order valence-corrected chi connectivity index (χ3v) is 4.28. The molecule has 0 aromatic rings. The lowest BCUT2D eigenvalue weighted by Gasteiger charge is -2.16. The average molecular weight is 295 g/mol. The summed E-state index contributed by atoms with van der Waals surface area (Å²) in [5.41, 5.74) is 0. The largest absolute Gasteiger partial charge is 0.469 e. The first-order valence-corrected chi connectivity index (χ1v) is 7.60. The molecule has 0 aliphatic heterocycles. The highest BCUT2D eigenvalue weighted by Crippen LogP contribution is 2.04. The van der Waals surface area contributed by atoms with Crippen LogP contribution in [0.4, 0.5) is 0 Å². The van der Waals surface area contributed by atoms with Crippen LogP contribution in [-0.4, -0.2) is 57.7 Å². The van der Waals surface area contributed by atoms with E-state index >= 15 is 0 Å². The van der Waals surface area contributed by atoms with Crippen LogP contribution in [0.15, 0.2) is 0 Å². The Morgan fingerprint density at radius 3 is 2.32 bits per heavy atom. The number of esters is 2. The van der Waals surface area contributed by atoms with Crippen molar-refractivity contribution in [1.29, 1.82) is 0 Å². The third-order valence-electron chi connectivity index (χ3n) is 2.43. The lowest BCUT2D eigenvalue weighted by molar-refractivity contribution is -0.142. The highest BCUT2D eigenvalue weighted by molar-refractivity contribution is 7.89. The SMILES string of the molecule is CCOC(=O)CCS(=O)(=O)N(C)CCCC(=O)OC. The second kappa shape index (κ2) is 8.87. The number of hydrogen-bond donors (Lipinski definition) is 0. The zero-order valence-corrected chi connectivity index (χ0v) is 12.4. The molecule has 0 atom stereocenters. The lowest BCUT2D eigenvalue weighted by Crippen LogP contribution is -2.31. The van der Waals surface area contributed by atoms with Crippen molar-refractivity contribution in [2.45, 2.75) is 26.2 Å². The van der Waals surface area contributed by atoms with Crippen LogP contribution >= 0.6 is 0 Å². The zero-order chi connectivity index (χ0) is 14.9. The van der Waals surface area contributed by atoms with E-state index in [0.717, 1.165) is 4.31 Å². The second-order valence-corrected chi connectivity index (χ2v) is 6.07. The summed E-state index contributed by atoms with van der Waals surface area (Å²) >= 11 is 0. The van der Waals surface area contributed by atoms with Crippen LogP contribution < -0.4 is 0 Å². The number of nitrogens with zero attached hydrogens (tertiary/aromatic N) is 1. The van der Waals surface area contributed by atoms with Crippen LogP contribution in [0.3, 0.4) is 0 Å². The van der Waals surface area contributed by atoms with E-state index in [2.05, 4.69) is 9.47 Å². The van der Waals surface area contributed by atoms with E-state index in [4.69, 9.17) is 0 Å². The molecule has 0 heterocycles. The van der Waals surface area contributed by atoms with E-state index in [1.165, 1.54) is 14.2 Å². The summed E-state index contributed by atoms with van der Waals surface area (Å²) < 4.78 is 33.8. The minimum absolute atomic E-state index is 0.161. The maximum Gasteiger partial charge on any atom is 0.306 e. The molecule has 0 amide bonds. The Labute approximate surface area is 113 Å². The molecule has 0 saturated heterocycles. The fourth-order valence-electron chi connectivity index (χ4n) is 1.29. The van der Waals surface area contributed by atoms with Gasteiger partial charge in [-0.3, -0.25) is 9.59 Å². The van der Waals surface area contributed by atoms with Gasteiger partial charge in [0.15, 0.2) is 0 Å². The predicted octanol–water partition coefficient (Wildman–Crippen LogP) is 0.154. The predicted molar refractivity (Wildman–Crippen MR) is 68.9 cm³/mol. The number of methoxy groups -OCH3 is 1. The van der Waals surface area contributed by atoms with Crippen molar-refractivity contribution in [2.75, 3.05) is 33.1 Å². The van der Waals surface area contributed by atoms with Gasteiger partial charge in [-0.2, -0.15) is 0 Å². The third kappa shape index (κ3) is 7.78. The summed E-state index contributed by atoms with van der Waals surface area (Å²) in [4.78, 5) is 22.0. The first kappa shape index (κ1) is 17.8. The minimum atomic E-state index is -3.50. The highest BCUT2D eigenvalue weighted by Gasteiger charge is 2.19.